The van der Waals surface area contributed by atoms with Gasteiger partial charge in [-0.05, 0) is 43.5 Å². The summed E-state index contributed by atoms with van der Waals surface area (Å²) in [4.78, 5) is 12.4. The van der Waals surface area contributed by atoms with Crippen molar-refractivity contribution in [1.82, 2.24) is 4.57 Å². The molecule has 3 aromatic rings. The molecule has 0 saturated carbocycles. The molecule has 5 heteroatoms. The second-order valence-electron chi connectivity index (χ2n) is 6.95. The van der Waals surface area contributed by atoms with Gasteiger partial charge in [-0.2, -0.15) is 0 Å². The molecule has 0 aliphatic carbocycles. The number of aromatic nitrogens is 1. The first-order valence-electron chi connectivity index (χ1n) is 9.45. The number of amides is 1. The van der Waals surface area contributed by atoms with Gasteiger partial charge in [0.25, 0.3) is 5.91 Å². The van der Waals surface area contributed by atoms with Crippen LogP contribution < -0.4 is 5.73 Å². The molecule has 28 heavy (non-hydrogen) atoms. The molecule has 0 fully saturated rings. The van der Waals surface area contributed by atoms with Crippen LogP contribution in [0.2, 0.25) is 10.0 Å². The fourth-order valence-electron chi connectivity index (χ4n) is 3.69. The zero-order valence-corrected chi connectivity index (χ0v) is 17.6. The van der Waals surface area contributed by atoms with E-state index in [0.29, 0.717) is 22.2 Å². The SMILES string of the molecule is CCCCc1c(-c2ccccc2Cl)c(C(N)=O)c(C)n1Cc1cccc(Cl)c1. The number of carbonyl (C=O) groups is 1. The zero-order chi connectivity index (χ0) is 20.3. The van der Waals surface area contributed by atoms with Gasteiger partial charge in [-0.25, -0.2) is 0 Å². The van der Waals surface area contributed by atoms with Gasteiger partial charge < -0.3 is 10.3 Å². The molecule has 0 atom stereocenters. The molecule has 146 valence electrons. The van der Waals surface area contributed by atoms with E-state index in [9.17, 15) is 4.79 Å². The van der Waals surface area contributed by atoms with Gasteiger partial charge in [0.15, 0.2) is 0 Å². The lowest BCUT2D eigenvalue weighted by Gasteiger charge is -2.14. The minimum atomic E-state index is -0.435. The summed E-state index contributed by atoms with van der Waals surface area (Å²) < 4.78 is 2.18. The van der Waals surface area contributed by atoms with Crippen molar-refractivity contribution >= 4 is 29.1 Å². The Morgan fingerprint density at radius 2 is 1.86 bits per heavy atom. The number of rotatable bonds is 7. The summed E-state index contributed by atoms with van der Waals surface area (Å²) >= 11 is 12.7. The Morgan fingerprint density at radius 1 is 1.11 bits per heavy atom. The third-order valence-corrected chi connectivity index (χ3v) is 5.58. The fourth-order valence-corrected chi connectivity index (χ4v) is 4.13. The Labute approximate surface area is 176 Å². The van der Waals surface area contributed by atoms with Gasteiger partial charge in [0.1, 0.15) is 0 Å². The summed E-state index contributed by atoms with van der Waals surface area (Å²) in [6.45, 7) is 4.72. The number of nitrogens with two attached hydrogens (primary N) is 1. The van der Waals surface area contributed by atoms with Crippen molar-refractivity contribution in [2.45, 2.75) is 39.7 Å². The number of primary amides is 1. The quantitative estimate of drug-likeness (QED) is 0.486. The number of benzene rings is 2. The number of hydrogen-bond acceptors (Lipinski definition) is 1. The third kappa shape index (κ3) is 4.11. The fraction of sp³-hybridized carbons (Fsp3) is 0.261. The number of halogens is 2. The zero-order valence-electron chi connectivity index (χ0n) is 16.1. The highest BCUT2D eigenvalue weighted by molar-refractivity contribution is 6.33. The average molecular weight is 415 g/mol. The molecular weight excluding hydrogens is 391 g/mol. The summed E-state index contributed by atoms with van der Waals surface area (Å²) in [5.41, 5.74) is 11.1. The predicted octanol–water partition coefficient (Wildman–Crippen LogP) is 6.26. The molecule has 1 aromatic heterocycles. The van der Waals surface area contributed by atoms with Crippen molar-refractivity contribution in [1.29, 1.82) is 0 Å². The molecule has 0 unspecified atom stereocenters. The van der Waals surface area contributed by atoms with Gasteiger partial charge in [-0.15, -0.1) is 0 Å². The summed E-state index contributed by atoms with van der Waals surface area (Å²) in [5.74, 6) is -0.435. The average Bonchev–Trinajstić information content (AvgIpc) is 2.92. The molecule has 1 amide bonds. The van der Waals surface area contributed by atoms with Crippen molar-refractivity contribution in [3.05, 3.63) is 81.1 Å². The van der Waals surface area contributed by atoms with Crippen LogP contribution in [0.15, 0.2) is 48.5 Å². The molecule has 0 aliphatic heterocycles. The van der Waals surface area contributed by atoms with Gasteiger partial charge in [0.05, 0.1) is 5.56 Å². The van der Waals surface area contributed by atoms with Crippen LogP contribution >= 0.6 is 23.2 Å². The Kier molecular flexibility index (Phi) is 6.48. The lowest BCUT2D eigenvalue weighted by molar-refractivity contribution is 0.1000. The lowest BCUT2D eigenvalue weighted by Crippen LogP contribution is -2.13. The van der Waals surface area contributed by atoms with Crippen LogP contribution in [0.5, 0.6) is 0 Å². The molecule has 1 heterocycles. The van der Waals surface area contributed by atoms with Gasteiger partial charge in [-0.1, -0.05) is 66.9 Å². The standard InChI is InChI=1S/C23H24Cl2N2O/c1-3-4-12-20-22(18-10-5-6-11-19(18)25)21(23(26)28)15(2)27(20)14-16-8-7-9-17(24)13-16/h5-11,13H,3-4,12,14H2,1-2H3,(H2,26,28). The normalized spacial score (nSPS) is 11.0. The molecule has 0 bridgehead atoms. The van der Waals surface area contributed by atoms with Crippen LogP contribution in [0, 0.1) is 6.92 Å². The highest BCUT2D eigenvalue weighted by atomic mass is 35.5. The maximum atomic E-state index is 12.4. The first-order valence-corrected chi connectivity index (χ1v) is 10.2. The number of unbranched alkanes of at least 4 members (excludes halogenated alkanes) is 1. The van der Waals surface area contributed by atoms with Crippen molar-refractivity contribution in [3.63, 3.8) is 0 Å². The van der Waals surface area contributed by atoms with E-state index in [-0.39, 0.29) is 0 Å². The number of nitrogens with zero attached hydrogens (tertiary/aromatic N) is 1. The van der Waals surface area contributed by atoms with E-state index in [4.69, 9.17) is 28.9 Å². The molecule has 0 saturated heterocycles. The first-order chi connectivity index (χ1) is 13.4. The number of hydrogen-bond donors (Lipinski definition) is 1. The van der Waals surface area contributed by atoms with E-state index >= 15 is 0 Å². The molecule has 3 rings (SSSR count). The topological polar surface area (TPSA) is 48.0 Å². The summed E-state index contributed by atoms with van der Waals surface area (Å²) in [6.07, 6.45) is 2.90. The summed E-state index contributed by atoms with van der Waals surface area (Å²) in [6, 6.07) is 15.4. The molecule has 2 aromatic carbocycles. The maximum absolute atomic E-state index is 12.4. The lowest BCUT2D eigenvalue weighted by atomic mass is 9.97. The summed E-state index contributed by atoms with van der Waals surface area (Å²) in [5, 5.41) is 1.31. The van der Waals surface area contributed by atoms with E-state index in [1.54, 1.807) is 0 Å². The molecule has 3 nitrogen and oxygen atoms in total. The van der Waals surface area contributed by atoms with E-state index in [0.717, 1.165) is 47.3 Å². The van der Waals surface area contributed by atoms with Crippen molar-refractivity contribution < 1.29 is 4.79 Å². The molecule has 0 radical (unpaired) electrons. The smallest absolute Gasteiger partial charge is 0.251 e. The van der Waals surface area contributed by atoms with Gasteiger partial charge in [0, 0.05) is 39.1 Å². The van der Waals surface area contributed by atoms with Gasteiger partial charge in [-0.3, -0.25) is 4.79 Å². The molecule has 0 spiro atoms. The molecular formula is C23H24Cl2N2O. The van der Waals surface area contributed by atoms with Crippen LogP contribution in [0.4, 0.5) is 0 Å². The van der Waals surface area contributed by atoms with E-state index in [1.165, 1.54) is 0 Å². The Morgan fingerprint density at radius 3 is 2.50 bits per heavy atom. The van der Waals surface area contributed by atoms with E-state index in [1.807, 2.05) is 55.5 Å². The molecule has 2 N–H and O–H groups in total. The largest absolute Gasteiger partial charge is 0.366 e. The van der Waals surface area contributed by atoms with Crippen molar-refractivity contribution in [2.24, 2.45) is 5.73 Å². The number of carbonyl (C=O) groups excluding carboxylic acids is 1. The minimum Gasteiger partial charge on any atom is -0.366 e. The van der Waals surface area contributed by atoms with Crippen molar-refractivity contribution in [3.8, 4) is 11.1 Å². The molecule has 0 aliphatic rings. The van der Waals surface area contributed by atoms with Crippen LogP contribution in [0.1, 0.15) is 47.1 Å². The van der Waals surface area contributed by atoms with E-state index < -0.39 is 5.91 Å². The van der Waals surface area contributed by atoms with Crippen LogP contribution in [0.25, 0.3) is 11.1 Å². The highest BCUT2D eigenvalue weighted by Crippen LogP contribution is 2.38. The predicted molar refractivity (Wildman–Crippen MR) is 117 cm³/mol. The van der Waals surface area contributed by atoms with Crippen LogP contribution in [-0.2, 0) is 13.0 Å². The van der Waals surface area contributed by atoms with Crippen LogP contribution in [0.3, 0.4) is 0 Å². The monoisotopic (exact) mass is 414 g/mol. The Bertz CT molecular complexity index is 1010. The van der Waals surface area contributed by atoms with Gasteiger partial charge >= 0.3 is 0 Å². The van der Waals surface area contributed by atoms with E-state index in [2.05, 4.69) is 11.5 Å². The first kappa shape index (κ1) is 20.5. The summed E-state index contributed by atoms with van der Waals surface area (Å²) in [7, 11) is 0. The highest BCUT2D eigenvalue weighted by Gasteiger charge is 2.25. The van der Waals surface area contributed by atoms with Crippen LogP contribution in [-0.4, -0.2) is 10.5 Å². The minimum absolute atomic E-state index is 0.435. The second-order valence-corrected chi connectivity index (χ2v) is 7.79. The van der Waals surface area contributed by atoms with Gasteiger partial charge in [0.2, 0.25) is 0 Å². The Balaban J connectivity index is 2.25. The Hall–Kier alpha value is -2.23. The third-order valence-electron chi connectivity index (χ3n) is 5.02. The van der Waals surface area contributed by atoms with Crippen molar-refractivity contribution in [2.75, 3.05) is 0 Å². The second kappa shape index (κ2) is 8.85. The maximum Gasteiger partial charge on any atom is 0.251 e.